The van der Waals surface area contributed by atoms with Crippen LogP contribution in [0, 0.1) is 11.3 Å². The Hall–Kier alpha value is -4.71. The maximum atomic E-state index is 15.3. The molecule has 49 heavy (non-hydrogen) atoms. The molecular weight excluding hydrogens is 646 g/mol. The molecule has 6 rings (SSSR count). The van der Waals surface area contributed by atoms with Crippen LogP contribution in [-0.4, -0.2) is 118 Å². The number of nitrogens with zero attached hydrogens (tertiary/aromatic N) is 7. The van der Waals surface area contributed by atoms with E-state index in [4.69, 9.17) is 9.47 Å². The van der Waals surface area contributed by atoms with Crippen LogP contribution < -0.4 is 13.8 Å². The van der Waals surface area contributed by atoms with Crippen molar-refractivity contribution >= 4 is 27.6 Å². The van der Waals surface area contributed by atoms with Crippen LogP contribution in [0.2, 0.25) is 0 Å². The third-order valence-electron chi connectivity index (χ3n) is 9.84. The number of urea groups is 1. The van der Waals surface area contributed by atoms with Crippen LogP contribution in [-0.2, 0) is 20.4 Å². The van der Waals surface area contributed by atoms with Crippen molar-refractivity contribution in [3.05, 3.63) is 77.5 Å². The number of rotatable bonds is 8. The molecule has 1 unspecified atom stereocenters. The molecule has 2 aromatic carbocycles. The number of benzene rings is 2. The average molecular weight is 688 g/mol. The summed E-state index contributed by atoms with van der Waals surface area (Å²) in [6.07, 6.45) is 3.64. The van der Waals surface area contributed by atoms with E-state index in [0.29, 0.717) is 36.5 Å². The highest BCUT2D eigenvalue weighted by atomic mass is 32.2. The first kappa shape index (κ1) is 34.2. The maximum absolute atomic E-state index is 15.3. The molecule has 0 N–H and O–H groups in total. The summed E-state index contributed by atoms with van der Waals surface area (Å²) in [6.45, 7) is 6.23. The molecule has 0 aliphatic carbocycles. The number of likely N-dealkylation sites (tertiary alicyclic amines) is 1. The SMILES string of the molecule is CCOc1ncccc1C1(N(C)C(=O)N2CCN(C3CCN(C)CC3)CC2)C(=O)N(S(=O)(=O)c2ccccc2OC)c2ccc(C#N)cc21. The summed E-state index contributed by atoms with van der Waals surface area (Å²) >= 11 is 0. The molecule has 0 spiro atoms. The molecule has 0 radical (unpaired) electrons. The summed E-state index contributed by atoms with van der Waals surface area (Å²) in [5.41, 5.74) is -1.56. The number of carbonyl (C=O) groups excluding carboxylic acids is 2. The Labute approximate surface area is 287 Å². The second-order valence-corrected chi connectivity index (χ2v) is 14.2. The van der Waals surface area contributed by atoms with Gasteiger partial charge in [0.2, 0.25) is 5.88 Å². The van der Waals surface area contributed by atoms with Crippen LogP contribution in [0.1, 0.15) is 36.5 Å². The zero-order valence-corrected chi connectivity index (χ0v) is 29.0. The number of nitriles is 1. The first-order valence-corrected chi connectivity index (χ1v) is 17.8. The topological polar surface area (TPSA) is 140 Å². The van der Waals surface area contributed by atoms with Crippen molar-refractivity contribution in [3.63, 3.8) is 0 Å². The van der Waals surface area contributed by atoms with Gasteiger partial charge in [0.15, 0.2) is 5.54 Å². The van der Waals surface area contributed by atoms with E-state index in [2.05, 4.69) is 27.9 Å². The van der Waals surface area contributed by atoms with Gasteiger partial charge < -0.3 is 24.2 Å². The third kappa shape index (κ3) is 5.75. The number of anilines is 1. The minimum atomic E-state index is -4.62. The van der Waals surface area contributed by atoms with Crippen LogP contribution in [0.15, 0.2) is 65.7 Å². The molecule has 2 fully saturated rings. The van der Waals surface area contributed by atoms with E-state index in [-0.39, 0.29) is 45.5 Å². The second-order valence-electron chi connectivity index (χ2n) is 12.5. The predicted octanol–water partition coefficient (Wildman–Crippen LogP) is 3.10. The number of pyridine rings is 1. The molecular formula is C35H41N7O6S. The lowest BCUT2D eigenvalue weighted by Gasteiger charge is -2.45. The highest BCUT2D eigenvalue weighted by Crippen LogP contribution is 2.52. The van der Waals surface area contributed by atoms with E-state index in [1.807, 2.05) is 0 Å². The summed E-state index contributed by atoms with van der Waals surface area (Å²) in [5, 5.41) is 9.97. The Morgan fingerprint density at radius 2 is 1.76 bits per heavy atom. The molecule has 3 aromatic rings. The average Bonchev–Trinajstić information content (AvgIpc) is 3.39. The van der Waals surface area contributed by atoms with Gasteiger partial charge in [0.1, 0.15) is 10.6 Å². The number of methoxy groups -OCH3 is 1. The number of hydrogen-bond donors (Lipinski definition) is 0. The Kier molecular flexibility index (Phi) is 9.52. The summed E-state index contributed by atoms with van der Waals surface area (Å²) in [4.78, 5) is 41.9. The summed E-state index contributed by atoms with van der Waals surface area (Å²) < 4.78 is 41.2. The van der Waals surface area contributed by atoms with Crippen LogP contribution in [0.3, 0.4) is 0 Å². The fourth-order valence-electron chi connectivity index (χ4n) is 7.29. The molecule has 3 aliphatic rings. The molecule has 2 saturated heterocycles. The van der Waals surface area contributed by atoms with Crippen LogP contribution in [0.4, 0.5) is 10.5 Å². The highest BCUT2D eigenvalue weighted by molar-refractivity contribution is 7.93. The largest absolute Gasteiger partial charge is 0.495 e. The minimum Gasteiger partial charge on any atom is -0.495 e. The summed E-state index contributed by atoms with van der Waals surface area (Å²) in [5.74, 6) is -0.820. The Balaban J connectivity index is 1.48. The molecule has 0 saturated carbocycles. The van der Waals surface area contributed by atoms with Gasteiger partial charge in [-0.25, -0.2) is 18.2 Å². The first-order chi connectivity index (χ1) is 23.6. The van der Waals surface area contributed by atoms with Crippen molar-refractivity contribution in [2.45, 2.75) is 36.2 Å². The Morgan fingerprint density at radius 3 is 2.43 bits per heavy atom. The lowest BCUT2D eigenvalue weighted by Crippen LogP contribution is -2.61. The number of fused-ring (bicyclic) bond motifs is 1. The van der Waals surface area contributed by atoms with Gasteiger partial charge in [0.25, 0.3) is 15.9 Å². The molecule has 1 atom stereocenters. The number of aromatic nitrogens is 1. The molecule has 4 heterocycles. The summed E-state index contributed by atoms with van der Waals surface area (Å²) in [6, 6.07) is 15.7. The van der Waals surface area contributed by atoms with Crippen molar-refractivity contribution in [1.82, 2.24) is 24.6 Å². The zero-order valence-electron chi connectivity index (χ0n) is 28.2. The van der Waals surface area contributed by atoms with E-state index in [1.54, 1.807) is 30.0 Å². The number of hydrogen-bond acceptors (Lipinski definition) is 10. The third-order valence-corrected chi connectivity index (χ3v) is 11.6. The molecule has 3 amide bonds. The van der Waals surface area contributed by atoms with E-state index < -0.39 is 27.5 Å². The minimum absolute atomic E-state index is 0.00736. The fourth-order valence-corrected chi connectivity index (χ4v) is 8.91. The number of sulfonamides is 1. The first-order valence-electron chi connectivity index (χ1n) is 16.4. The molecule has 258 valence electrons. The van der Waals surface area contributed by atoms with E-state index in [1.165, 1.54) is 61.7 Å². The molecule has 13 nitrogen and oxygen atoms in total. The van der Waals surface area contributed by atoms with E-state index >= 15 is 4.79 Å². The number of piperidine rings is 1. The van der Waals surface area contributed by atoms with Crippen LogP contribution in [0.5, 0.6) is 11.6 Å². The van der Waals surface area contributed by atoms with Gasteiger partial charge >= 0.3 is 6.03 Å². The lowest BCUT2D eigenvalue weighted by molar-refractivity contribution is -0.125. The van der Waals surface area contributed by atoms with Gasteiger partial charge in [-0.3, -0.25) is 9.69 Å². The number of piperazine rings is 1. The molecule has 1 aromatic heterocycles. The van der Waals surface area contributed by atoms with Gasteiger partial charge in [0.05, 0.1) is 36.6 Å². The number of ether oxygens (including phenoxy) is 2. The number of likely N-dealkylation sites (N-methyl/N-ethyl adjacent to an activating group) is 1. The normalized spacial score (nSPS) is 20.5. The van der Waals surface area contributed by atoms with Gasteiger partial charge in [-0.2, -0.15) is 9.57 Å². The predicted molar refractivity (Wildman–Crippen MR) is 182 cm³/mol. The number of amides is 3. The monoisotopic (exact) mass is 687 g/mol. The molecule has 3 aliphatic heterocycles. The number of carbonyl (C=O) groups is 2. The van der Waals surface area contributed by atoms with Crippen molar-refractivity contribution in [2.24, 2.45) is 0 Å². The van der Waals surface area contributed by atoms with Gasteiger partial charge in [-0.1, -0.05) is 12.1 Å². The molecule has 0 bridgehead atoms. The van der Waals surface area contributed by atoms with Crippen molar-refractivity contribution in [2.75, 3.05) is 71.4 Å². The Morgan fingerprint density at radius 1 is 1.04 bits per heavy atom. The van der Waals surface area contributed by atoms with Gasteiger partial charge in [-0.05, 0) is 82.4 Å². The maximum Gasteiger partial charge on any atom is 0.321 e. The quantitative estimate of drug-likeness (QED) is 0.347. The van der Waals surface area contributed by atoms with Crippen molar-refractivity contribution < 1.29 is 27.5 Å². The van der Waals surface area contributed by atoms with Crippen molar-refractivity contribution in [3.8, 4) is 17.7 Å². The standard InChI is InChI=1S/C35H41N7O6S/c1-5-48-32-27(9-8-16-37-32)35(39(3)34(44)41-21-19-40(20-22-41)26-14-17-38(2)18-15-26)28-23-25(24-36)12-13-29(28)42(33(35)43)49(45,46)31-11-7-6-10-30(31)47-4/h6-13,16,23,26H,5,14-15,17-22H2,1-4H3. The van der Waals surface area contributed by atoms with E-state index in [9.17, 15) is 18.5 Å². The zero-order chi connectivity index (χ0) is 34.9. The van der Waals surface area contributed by atoms with Crippen LogP contribution >= 0.6 is 0 Å². The second kappa shape index (κ2) is 13.7. The molecule has 14 heteroatoms. The fraction of sp³-hybridized carbons (Fsp3) is 0.429. The Bertz CT molecular complexity index is 1880. The van der Waals surface area contributed by atoms with Crippen molar-refractivity contribution in [1.29, 1.82) is 5.26 Å². The van der Waals surface area contributed by atoms with E-state index in [0.717, 1.165) is 25.9 Å². The highest BCUT2D eigenvalue weighted by Gasteiger charge is 2.62. The van der Waals surface area contributed by atoms with Gasteiger partial charge in [0, 0.05) is 51.0 Å². The van der Waals surface area contributed by atoms with Crippen LogP contribution in [0.25, 0.3) is 0 Å². The summed E-state index contributed by atoms with van der Waals surface area (Å²) in [7, 11) is 0.347. The smallest absolute Gasteiger partial charge is 0.321 e. The number of para-hydroxylation sites is 1. The van der Waals surface area contributed by atoms with Gasteiger partial charge in [-0.15, -0.1) is 0 Å². The lowest BCUT2D eigenvalue weighted by atomic mass is 9.82.